The minimum Gasteiger partial charge on any atom is -0.0885 e. The Balaban J connectivity index is 0. The van der Waals surface area contributed by atoms with Gasteiger partial charge in [0.1, 0.15) is 0 Å². The van der Waals surface area contributed by atoms with E-state index in [4.69, 9.17) is 0 Å². The SMILES string of the molecule is CC(C)=CCCC(C)CCC(C)C.CCC/C=C/CC(C)C. The third-order valence-electron chi connectivity index (χ3n) is 3.68. The maximum atomic E-state index is 2.38. The van der Waals surface area contributed by atoms with Crippen LogP contribution in [0.5, 0.6) is 0 Å². The first kappa shape index (κ1) is 23.7. The van der Waals surface area contributed by atoms with Crippen LogP contribution in [0, 0.1) is 17.8 Å². The molecule has 0 aliphatic rings. The van der Waals surface area contributed by atoms with Gasteiger partial charge >= 0.3 is 0 Å². The van der Waals surface area contributed by atoms with Gasteiger partial charge in [-0.15, -0.1) is 0 Å². The first-order chi connectivity index (χ1) is 10.3. The van der Waals surface area contributed by atoms with Gasteiger partial charge in [0.2, 0.25) is 0 Å². The first-order valence-corrected chi connectivity index (χ1v) is 9.57. The second kappa shape index (κ2) is 16.8. The Morgan fingerprint density at radius 2 is 1.41 bits per heavy atom. The summed E-state index contributed by atoms with van der Waals surface area (Å²) in [5, 5.41) is 0. The molecule has 0 aliphatic carbocycles. The largest absolute Gasteiger partial charge is 0.0885 e. The highest BCUT2D eigenvalue weighted by Crippen LogP contribution is 2.16. The van der Waals surface area contributed by atoms with E-state index >= 15 is 0 Å². The third-order valence-corrected chi connectivity index (χ3v) is 3.68. The maximum absolute atomic E-state index is 2.38. The molecule has 132 valence electrons. The van der Waals surface area contributed by atoms with Crippen LogP contribution < -0.4 is 0 Å². The predicted molar refractivity (Wildman–Crippen MR) is 105 cm³/mol. The van der Waals surface area contributed by atoms with Crippen LogP contribution in [0.25, 0.3) is 0 Å². The summed E-state index contributed by atoms with van der Waals surface area (Å²) in [6, 6.07) is 0. The van der Waals surface area contributed by atoms with E-state index < -0.39 is 0 Å². The van der Waals surface area contributed by atoms with Crippen LogP contribution in [0.3, 0.4) is 0 Å². The van der Waals surface area contributed by atoms with Gasteiger partial charge in [0.05, 0.1) is 0 Å². The zero-order valence-corrected chi connectivity index (χ0v) is 16.9. The molecule has 0 aromatic rings. The van der Waals surface area contributed by atoms with Crippen LogP contribution in [0.4, 0.5) is 0 Å². The Hall–Kier alpha value is -0.520. The molecule has 0 aromatic carbocycles. The average Bonchev–Trinajstić information content (AvgIpc) is 2.41. The fourth-order valence-corrected chi connectivity index (χ4v) is 2.07. The molecule has 0 radical (unpaired) electrons. The van der Waals surface area contributed by atoms with Gasteiger partial charge in [-0.25, -0.2) is 0 Å². The Morgan fingerprint density at radius 1 is 0.773 bits per heavy atom. The molecule has 22 heavy (non-hydrogen) atoms. The van der Waals surface area contributed by atoms with Crippen molar-refractivity contribution >= 4 is 0 Å². The van der Waals surface area contributed by atoms with Gasteiger partial charge in [-0.1, -0.05) is 84.6 Å². The summed E-state index contributed by atoms with van der Waals surface area (Å²) < 4.78 is 0. The smallest absolute Gasteiger partial charge is 0.0327 e. The average molecular weight is 309 g/mol. The minimum absolute atomic E-state index is 0.818. The van der Waals surface area contributed by atoms with Gasteiger partial charge in [-0.2, -0.15) is 0 Å². The lowest BCUT2D eigenvalue weighted by atomic mass is 9.95. The van der Waals surface area contributed by atoms with E-state index in [0.29, 0.717) is 0 Å². The minimum atomic E-state index is 0.818. The number of allylic oxidation sites excluding steroid dienone is 4. The van der Waals surface area contributed by atoms with Crippen molar-refractivity contribution < 1.29 is 0 Å². The second-order valence-corrected chi connectivity index (χ2v) is 7.82. The van der Waals surface area contributed by atoms with Crippen molar-refractivity contribution in [3.63, 3.8) is 0 Å². The van der Waals surface area contributed by atoms with Crippen LogP contribution in [0.1, 0.15) is 100 Å². The standard InChI is InChI=1S/C13H26.C9H18/c1-11(2)7-6-8-13(5)10-9-12(3)4;1-4-5-6-7-8-9(2)3/h7,12-13H,6,8-10H2,1-5H3;6-7,9H,4-5,8H2,1-3H3/b;7-6+. The van der Waals surface area contributed by atoms with E-state index in [1.54, 1.807) is 0 Å². The Labute approximate surface area is 142 Å². The molecular formula is C22H44. The molecule has 0 heteroatoms. The van der Waals surface area contributed by atoms with Crippen molar-refractivity contribution in [2.45, 2.75) is 100 Å². The lowest BCUT2D eigenvalue weighted by molar-refractivity contribution is 0.430. The lowest BCUT2D eigenvalue weighted by Crippen LogP contribution is -1.97. The Kier molecular flexibility index (Phi) is 18.2. The van der Waals surface area contributed by atoms with Gasteiger partial charge < -0.3 is 0 Å². The zero-order chi connectivity index (χ0) is 17.4. The van der Waals surface area contributed by atoms with Crippen molar-refractivity contribution in [3.8, 4) is 0 Å². The summed E-state index contributed by atoms with van der Waals surface area (Å²) in [6.07, 6.45) is 16.1. The van der Waals surface area contributed by atoms with E-state index in [1.807, 2.05) is 0 Å². The molecule has 0 rings (SSSR count). The van der Waals surface area contributed by atoms with Gasteiger partial charge in [-0.05, 0) is 57.3 Å². The summed E-state index contributed by atoms with van der Waals surface area (Å²) in [7, 11) is 0. The van der Waals surface area contributed by atoms with E-state index in [-0.39, 0.29) is 0 Å². The summed E-state index contributed by atoms with van der Waals surface area (Å²) in [4.78, 5) is 0. The van der Waals surface area contributed by atoms with Crippen molar-refractivity contribution in [2.75, 3.05) is 0 Å². The lowest BCUT2D eigenvalue weighted by Gasteiger charge is -2.11. The fourth-order valence-electron chi connectivity index (χ4n) is 2.07. The van der Waals surface area contributed by atoms with E-state index in [1.165, 1.54) is 50.5 Å². The maximum Gasteiger partial charge on any atom is -0.0327 e. The van der Waals surface area contributed by atoms with Crippen molar-refractivity contribution in [1.82, 2.24) is 0 Å². The first-order valence-electron chi connectivity index (χ1n) is 9.57. The molecule has 0 N–H and O–H groups in total. The molecule has 0 bridgehead atoms. The highest BCUT2D eigenvalue weighted by molar-refractivity contribution is 4.92. The Bertz CT molecular complexity index is 264. The molecule has 1 atom stereocenters. The van der Waals surface area contributed by atoms with Crippen LogP contribution in [-0.4, -0.2) is 0 Å². The molecule has 0 fully saturated rings. The normalized spacial score (nSPS) is 12.5. The highest BCUT2D eigenvalue weighted by atomic mass is 14.1. The zero-order valence-electron chi connectivity index (χ0n) is 16.9. The molecule has 0 aromatic heterocycles. The number of unbranched alkanes of at least 4 members (excludes halogenated alkanes) is 1. The van der Waals surface area contributed by atoms with E-state index in [9.17, 15) is 0 Å². The quantitative estimate of drug-likeness (QED) is 0.357. The summed E-state index contributed by atoms with van der Waals surface area (Å²) in [5.41, 5.74) is 1.45. The molecular weight excluding hydrogens is 264 g/mol. The number of hydrogen-bond acceptors (Lipinski definition) is 0. The topological polar surface area (TPSA) is 0 Å². The molecule has 0 spiro atoms. The molecule has 1 unspecified atom stereocenters. The molecule has 0 saturated carbocycles. The van der Waals surface area contributed by atoms with Crippen LogP contribution in [0.2, 0.25) is 0 Å². The third kappa shape index (κ3) is 24.5. The molecule has 0 saturated heterocycles. The molecule has 0 nitrogen and oxygen atoms in total. The molecule has 0 heterocycles. The number of hydrogen-bond donors (Lipinski definition) is 0. The van der Waals surface area contributed by atoms with Gasteiger partial charge in [0.15, 0.2) is 0 Å². The summed E-state index contributed by atoms with van der Waals surface area (Å²) in [6.45, 7) is 18.1. The van der Waals surface area contributed by atoms with Crippen molar-refractivity contribution in [2.24, 2.45) is 17.8 Å². The van der Waals surface area contributed by atoms with Gasteiger partial charge in [0, 0.05) is 0 Å². The van der Waals surface area contributed by atoms with E-state index in [2.05, 4.69) is 73.6 Å². The molecule has 0 amide bonds. The van der Waals surface area contributed by atoms with Crippen LogP contribution >= 0.6 is 0 Å². The molecule has 0 aliphatic heterocycles. The highest BCUT2D eigenvalue weighted by Gasteiger charge is 2.02. The summed E-state index contributed by atoms with van der Waals surface area (Å²) in [5.74, 6) is 2.59. The van der Waals surface area contributed by atoms with E-state index in [0.717, 1.165) is 17.8 Å². The van der Waals surface area contributed by atoms with Gasteiger partial charge in [0.25, 0.3) is 0 Å². The van der Waals surface area contributed by atoms with Crippen molar-refractivity contribution in [1.29, 1.82) is 0 Å². The van der Waals surface area contributed by atoms with Gasteiger partial charge in [-0.3, -0.25) is 0 Å². The summed E-state index contributed by atoms with van der Waals surface area (Å²) >= 11 is 0. The van der Waals surface area contributed by atoms with Crippen LogP contribution in [-0.2, 0) is 0 Å². The monoisotopic (exact) mass is 308 g/mol. The second-order valence-electron chi connectivity index (χ2n) is 7.82. The Morgan fingerprint density at radius 3 is 1.86 bits per heavy atom. The predicted octanol–water partition coefficient (Wildman–Crippen LogP) is 8.19. The van der Waals surface area contributed by atoms with Crippen molar-refractivity contribution in [3.05, 3.63) is 23.8 Å². The number of rotatable bonds is 10. The van der Waals surface area contributed by atoms with Crippen LogP contribution in [0.15, 0.2) is 23.8 Å². The fraction of sp³-hybridized carbons (Fsp3) is 0.818.